The van der Waals surface area contributed by atoms with Crippen LogP contribution in [0.15, 0.2) is 18.3 Å². The van der Waals surface area contributed by atoms with Crippen LogP contribution < -0.4 is 0 Å². The van der Waals surface area contributed by atoms with Crippen LogP contribution in [0.4, 0.5) is 5.69 Å². The quantitative estimate of drug-likeness (QED) is 0.627. The molecule has 0 aliphatic carbocycles. The molecule has 0 spiro atoms. The van der Waals surface area contributed by atoms with Crippen LogP contribution in [0.3, 0.4) is 0 Å². The zero-order chi connectivity index (χ0) is 13.4. The summed E-state index contributed by atoms with van der Waals surface area (Å²) in [4.78, 5) is 10.4. The second kappa shape index (κ2) is 4.79. The molecule has 1 aliphatic heterocycles. The Hall–Kier alpha value is -1.66. The smallest absolute Gasteiger partial charge is 0.288 e. The molecule has 0 bridgehead atoms. The summed E-state index contributed by atoms with van der Waals surface area (Å²) >= 11 is 5.88. The molecular formula is C12H12ClN3O3. The third-order valence-electron chi connectivity index (χ3n) is 3.35. The van der Waals surface area contributed by atoms with Gasteiger partial charge in [0.1, 0.15) is 5.02 Å². The molecule has 1 aromatic heterocycles. The molecule has 0 amide bonds. The number of halogens is 1. The fourth-order valence-electron chi connectivity index (χ4n) is 2.33. The van der Waals surface area contributed by atoms with Crippen LogP contribution in [0.5, 0.6) is 0 Å². The number of ether oxygens (including phenoxy) is 1. The summed E-state index contributed by atoms with van der Waals surface area (Å²) in [5.74, 6) is 0. The van der Waals surface area contributed by atoms with E-state index in [1.807, 2.05) is 10.9 Å². The summed E-state index contributed by atoms with van der Waals surface area (Å²) in [6, 6.07) is 3.31. The molecule has 0 unspecified atom stereocenters. The highest BCUT2D eigenvalue weighted by molar-refractivity contribution is 6.33. The van der Waals surface area contributed by atoms with Crippen molar-refractivity contribution in [2.75, 3.05) is 13.2 Å². The minimum atomic E-state index is -0.479. The van der Waals surface area contributed by atoms with Gasteiger partial charge in [-0.1, -0.05) is 11.6 Å². The van der Waals surface area contributed by atoms with Gasteiger partial charge in [0.2, 0.25) is 0 Å². The van der Waals surface area contributed by atoms with Crippen LogP contribution in [0, 0.1) is 10.1 Å². The van der Waals surface area contributed by atoms with E-state index in [0.717, 1.165) is 31.4 Å². The first kappa shape index (κ1) is 12.4. The highest BCUT2D eigenvalue weighted by atomic mass is 35.5. The van der Waals surface area contributed by atoms with Gasteiger partial charge in [0.15, 0.2) is 0 Å². The van der Waals surface area contributed by atoms with E-state index in [0.29, 0.717) is 11.6 Å². The van der Waals surface area contributed by atoms with Crippen LogP contribution in [0.25, 0.3) is 10.9 Å². The Bertz CT molecular complexity index is 634. The Morgan fingerprint density at radius 3 is 2.84 bits per heavy atom. The molecule has 100 valence electrons. The van der Waals surface area contributed by atoms with Crippen molar-refractivity contribution in [3.63, 3.8) is 0 Å². The number of nitro benzene ring substituents is 1. The predicted octanol–water partition coefficient (Wildman–Crippen LogP) is 2.95. The molecule has 0 radical (unpaired) electrons. The summed E-state index contributed by atoms with van der Waals surface area (Å²) < 4.78 is 7.18. The van der Waals surface area contributed by atoms with Gasteiger partial charge in [-0.2, -0.15) is 5.10 Å². The lowest BCUT2D eigenvalue weighted by atomic mass is 10.1. The first-order valence-corrected chi connectivity index (χ1v) is 6.43. The molecule has 1 saturated heterocycles. The Morgan fingerprint density at radius 2 is 2.16 bits per heavy atom. The lowest BCUT2D eigenvalue weighted by molar-refractivity contribution is -0.384. The number of rotatable bonds is 2. The van der Waals surface area contributed by atoms with Crippen molar-refractivity contribution in [3.05, 3.63) is 33.5 Å². The Morgan fingerprint density at radius 1 is 1.42 bits per heavy atom. The summed E-state index contributed by atoms with van der Waals surface area (Å²) in [6.07, 6.45) is 3.66. The molecule has 6 nitrogen and oxygen atoms in total. The van der Waals surface area contributed by atoms with E-state index in [-0.39, 0.29) is 10.7 Å². The third kappa shape index (κ3) is 2.29. The molecule has 2 aromatic rings. The van der Waals surface area contributed by atoms with Crippen molar-refractivity contribution in [3.8, 4) is 0 Å². The molecule has 1 aromatic carbocycles. The van der Waals surface area contributed by atoms with Crippen LogP contribution >= 0.6 is 11.6 Å². The lowest BCUT2D eigenvalue weighted by Crippen LogP contribution is -2.19. The Kier molecular flexibility index (Phi) is 3.12. The molecule has 19 heavy (non-hydrogen) atoms. The molecule has 0 atom stereocenters. The van der Waals surface area contributed by atoms with Gasteiger partial charge in [-0.25, -0.2) is 0 Å². The number of benzene rings is 1. The monoisotopic (exact) mass is 281 g/mol. The van der Waals surface area contributed by atoms with Gasteiger partial charge < -0.3 is 4.74 Å². The molecule has 3 rings (SSSR count). The molecule has 0 saturated carbocycles. The van der Waals surface area contributed by atoms with Gasteiger partial charge >= 0.3 is 0 Å². The minimum Gasteiger partial charge on any atom is -0.381 e. The average molecular weight is 282 g/mol. The van der Waals surface area contributed by atoms with Crippen LogP contribution in [0.2, 0.25) is 5.02 Å². The molecule has 1 fully saturated rings. The maximum atomic E-state index is 10.9. The van der Waals surface area contributed by atoms with E-state index in [4.69, 9.17) is 16.3 Å². The molecule has 1 aliphatic rings. The first-order chi connectivity index (χ1) is 9.15. The number of hydrogen-bond donors (Lipinski definition) is 0. The first-order valence-electron chi connectivity index (χ1n) is 6.05. The van der Waals surface area contributed by atoms with Gasteiger partial charge in [0.05, 0.1) is 16.5 Å². The molecular weight excluding hydrogens is 270 g/mol. The molecule has 0 N–H and O–H groups in total. The van der Waals surface area contributed by atoms with E-state index in [9.17, 15) is 10.1 Å². The number of aromatic nitrogens is 2. The van der Waals surface area contributed by atoms with Crippen LogP contribution in [-0.4, -0.2) is 27.9 Å². The molecule has 2 heterocycles. The predicted molar refractivity (Wildman–Crippen MR) is 70.5 cm³/mol. The van der Waals surface area contributed by atoms with Crippen molar-refractivity contribution < 1.29 is 9.66 Å². The zero-order valence-electron chi connectivity index (χ0n) is 10.1. The zero-order valence-corrected chi connectivity index (χ0v) is 10.8. The average Bonchev–Trinajstić information content (AvgIpc) is 2.81. The van der Waals surface area contributed by atoms with E-state index in [2.05, 4.69) is 5.10 Å². The van der Waals surface area contributed by atoms with Gasteiger partial charge in [0, 0.05) is 30.9 Å². The van der Waals surface area contributed by atoms with E-state index >= 15 is 0 Å². The lowest BCUT2D eigenvalue weighted by Gasteiger charge is -2.22. The highest BCUT2D eigenvalue weighted by Crippen LogP contribution is 2.30. The second-order valence-electron chi connectivity index (χ2n) is 4.57. The van der Waals surface area contributed by atoms with Crippen LogP contribution in [0.1, 0.15) is 18.9 Å². The summed E-state index contributed by atoms with van der Waals surface area (Å²) in [5.41, 5.74) is 0.600. The highest BCUT2D eigenvalue weighted by Gasteiger charge is 2.19. The topological polar surface area (TPSA) is 70.2 Å². The number of nitro groups is 1. The largest absolute Gasteiger partial charge is 0.381 e. The normalized spacial score (nSPS) is 16.9. The van der Waals surface area contributed by atoms with Crippen molar-refractivity contribution in [1.82, 2.24) is 9.78 Å². The van der Waals surface area contributed by atoms with Gasteiger partial charge in [-0.15, -0.1) is 0 Å². The van der Waals surface area contributed by atoms with Gasteiger partial charge in [-0.05, 0) is 18.9 Å². The number of hydrogen-bond acceptors (Lipinski definition) is 4. The Balaban J connectivity index is 2.02. The summed E-state index contributed by atoms with van der Waals surface area (Å²) in [7, 11) is 0. The molecule has 7 heteroatoms. The van der Waals surface area contributed by atoms with Crippen molar-refractivity contribution >= 4 is 28.2 Å². The third-order valence-corrected chi connectivity index (χ3v) is 3.66. The minimum absolute atomic E-state index is 0.0827. The Labute approximate surface area is 114 Å². The fraction of sp³-hybridized carbons (Fsp3) is 0.417. The van der Waals surface area contributed by atoms with Gasteiger partial charge in [-0.3, -0.25) is 14.8 Å². The van der Waals surface area contributed by atoms with Crippen molar-refractivity contribution in [2.24, 2.45) is 0 Å². The number of nitrogens with zero attached hydrogens (tertiary/aromatic N) is 3. The van der Waals surface area contributed by atoms with Crippen LogP contribution in [-0.2, 0) is 4.74 Å². The maximum absolute atomic E-state index is 10.9. The SMILES string of the molecule is O=[N+]([O-])c1cc2cn(C3CCOCC3)nc2cc1Cl. The number of fused-ring (bicyclic) bond motifs is 1. The second-order valence-corrected chi connectivity index (χ2v) is 4.98. The van der Waals surface area contributed by atoms with E-state index in [1.165, 1.54) is 6.07 Å². The standard InChI is InChI=1S/C12H12ClN3O3/c13-10-6-11-8(5-12(10)16(17)18)7-15(14-11)9-1-3-19-4-2-9/h5-7,9H,1-4H2. The maximum Gasteiger partial charge on any atom is 0.288 e. The fourth-order valence-corrected chi connectivity index (χ4v) is 2.56. The van der Waals surface area contributed by atoms with Gasteiger partial charge in [0.25, 0.3) is 5.69 Å². The van der Waals surface area contributed by atoms with Crippen molar-refractivity contribution in [2.45, 2.75) is 18.9 Å². The summed E-state index contributed by atoms with van der Waals surface area (Å²) in [5, 5.41) is 16.2. The van der Waals surface area contributed by atoms with E-state index < -0.39 is 4.92 Å². The summed E-state index contributed by atoms with van der Waals surface area (Å²) in [6.45, 7) is 1.45. The van der Waals surface area contributed by atoms with E-state index in [1.54, 1.807) is 6.07 Å². The van der Waals surface area contributed by atoms with Crippen molar-refractivity contribution in [1.29, 1.82) is 0 Å².